The fourth-order valence-corrected chi connectivity index (χ4v) is 3.85. The normalized spacial score (nSPS) is 11.0. The molecule has 3 aromatic rings. The van der Waals surface area contributed by atoms with Gasteiger partial charge in [-0.1, -0.05) is 49.0 Å². The van der Waals surface area contributed by atoms with Gasteiger partial charge in [-0.15, -0.1) is 0 Å². The quantitative estimate of drug-likeness (QED) is 0.100. The maximum Gasteiger partial charge on any atom is 0.0440 e. The van der Waals surface area contributed by atoms with E-state index in [1.807, 2.05) is 59.6 Å². The lowest BCUT2D eigenvalue weighted by Gasteiger charge is -2.19. The summed E-state index contributed by atoms with van der Waals surface area (Å²) in [6, 6.07) is 22.0. The number of nitrogen functional groups attached to an aromatic ring is 2. The van der Waals surface area contributed by atoms with Crippen LogP contribution in [0.25, 0.3) is 16.7 Å². The molecule has 0 unspecified atom stereocenters. The molecule has 3 aromatic carbocycles. The molecule has 0 fully saturated rings. The highest BCUT2D eigenvalue weighted by Crippen LogP contribution is 2.37. The zero-order valence-corrected chi connectivity index (χ0v) is 19.8. The smallest absolute Gasteiger partial charge is 0.0440 e. The fraction of sp³-hybridized carbons (Fsp3) is 0.259. The second kappa shape index (κ2) is 12.8. The molecule has 34 heavy (non-hydrogen) atoms. The highest BCUT2D eigenvalue weighted by Gasteiger charge is 2.14. The van der Waals surface area contributed by atoms with Gasteiger partial charge in [0.1, 0.15) is 0 Å². The third-order valence-corrected chi connectivity index (χ3v) is 5.66. The van der Waals surface area contributed by atoms with Crippen LogP contribution in [0.1, 0.15) is 17.5 Å². The molecular formula is C27H37N7. The molecule has 0 saturated heterocycles. The van der Waals surface area contributed by atoms with Crippen molar-refractivity contribution >= 4 is 22.6 Å². The average Bonchev–Trinajstić information content (AvgIpc) is 2.85. The van der Waals surface area contributed by atoms with Gasteiger partial charge in [0.15, 0.2) is 0 Å². The number of rotatable bonds is 13. The van der Waals surface area contributed by atoms with Crippen molar-refractivity contribution in [3.05, 3.63) is 84.4 Å². The van der Waals surface area contributed by atoms with E-state index in [1.54, 1.807) is 0 Å². The molecular weight excluding hydrogens is 422 g/mol. The van der Waals surface area contributed by atoms with Crippen molar-refractivity contribution < 1.29 is 0 Å². The molecule has 7 heteroatoms. The number of nitrogens with two attached hydrogens (primary N) is 4. The Morgan fingerprint density at radius 2 is 1.53 bits per heavy atom. The molecule has 0 atom stereocenters. The predicted molar refractivity (Wildman–Crippen MR) is 146 cm³/mol. The summed E-state index contributed by atoms with van der Waals surface area (Å²) in [7, 11) is 0. The van der Waals surface area contributed by atoms with Crippen LogP contribution < -0.4 is 33.7 Å². The fourth-order valence-electron chi connectivity index (χ4n) is 3.85. The van der Waals surface area contributed by atoms with Crippen molar-refractivity contribution in [2.24, 2.45) is 11.6 Å². The molecule has 0 heterocycles. The maximum absolute atomic E-state index is 6.16. The monoisotopic (exact) mass is 459 g/mol. The molecule has 0 aliphatic carbocycles. The lowest BCUT2D eigenvalue weighted by molar-refractivity contribution is 0.282. The molecule has 10 N–H and O–H groups in total. The van der Waals surface area contributed by atoms with Crippen LogP contribution in [0.5, 0.6) is 0 Å². The van der Waals surface area contributed by atoms with E-state index < -0.39 is 0 Å². The zero-order valence-electron chi connectivity index (χ0n) is 19.8. The van der Waals surface area contributed by atoms with Crippen LogP contribution in [0.3, 0.4) is 0 Å². The van der Waals surface area contributed by atoms with E-state index in [1.165, 1.54) is 0 Å². The minimum Gasteiger partial charge on any atom is -0.399 e. The van der Waals surface area contributed by atoms with Gasteiger partial charge in [0.2, 0.25) is 0 Å². The van der Waals surface area contributed by atoms with Gasteiger partial charge in [0.25, 0.3) is 0 Å². The number of hydrogen-bond acceptors (Lipinski definition) is 7. The highest BCUT2D eigenvalue weighted by molar-refractivity contribution is 5.93. The van der Waals surface area contributed by atoms with Crippen LogP contribution in [-0.2, 0) is 0 Å². The number of nitrogens with one attached hydrogen (secondary N) is 2. The summed E-state index contributed by atoms with van der Waals surface area (Å²) in [5.41, 5.74) is 25.2. The van der Waals surface area contributed by atoms with Crippen LogP contribution in [0.15, 0.2) is 73.3 Å². The molecule has 0 amide bonds. The molecule has 0 aromatic heterocycles. The van der Waals surface area contributed by atoms with E-state index in [9.17, 15) is 0 Å². The van der Waals surface area contributed by atoms with Crippen molar-refractivity contribution in [3.63, 3.8) is 0 Å². The summed E-state index contributed by atoms with van der Waals surface area (Å²) < 4.78 is 0. The Morgan fingerprint density at radius 3 is 2.26 bits per heavy atom. The third-order valence-electron chi connectivity index (χ3n) is 5.66. The minimum absolute atomic E-state index is 0.630. The van der Waals surface area contributed by atoms with E-state index in [4.69, 9.17) is 23.0 Å². The first-order valence-electron chi connectivity index (χ1n) is 11.7. The maximum atomic E-state index is 6.16. The van der Waals surface area contributed by atoms with Gasteiger partial charge >= 0.3 is 0 Å². The molecule has 0 aliphatic heterocycles. The van der Waals surface area contributed by atoms with E-state index in [2.05, 4.69) is 29.3 Å². The summed E-state index contributed by atoms with van der Waals surface area (Å²) >= 11 is 0. The first-order valence-corrected chi connectivity index (χ1v) is 11.7. The van der Waals surface area contributed by atoms with Crippen LogP contribution in [-0.4, -0.2) is 44.3 Å². The number of benzene rings is 3. The zero-order chi connectivity index (χ0) is 24.3. The largest absolute Gasteiger partial charge is 0.399 e. The van der Waals surface area contributed by atoms with Crippen molar-refractivity contribution in [1.29, 1.82) is 0 Å². The lowest BCUT2D eigenvalue weighted by atomic mass is 9.90. The first kappa shape index (κ1) is 25.3. The summed E-state index contributed by atoms with van der Waals surface area (Å²) in [5, 5.41) is 8.63. The molecule has 0 spiro atoms. The Kier molecular flexibility index (Phi) is 9.49. The Bertz CT molecular complexity index is 1070. The first-order chi connectivity index (χ1) is 16.5. The van der Waals surface area contributed by atoms with Gasteiger partial charge in [-0.2, -0.15) is 0 Å². The third kappa shape index (κ3) is 7.07. The van der Waals surface area contributed by atoms with Gasteiger partial charge in [-0.25, -0.2) is 5.01 Å². The van der Waals surface area contributed by atoms with E-state index in [0.717, 1.165) is 72.7 Å². The number of hydrogen-bond donors (Lipinski definition) is 6. The summed E-state index contributed by atoms with van der Waals surface area (Å²) in [5.74, 6) is 6.10. The number of nitrogens with zero attached hydrogens (tertiary/aromatic N) is 1. The molecule has 0 bridgehead atoms. The van der Waals surface area contributed by atoms with Crippen molar-refractivity contribution in [2.75, 3.05) is 56.1 Å². The van der Waals surface area contributed by atoms with E-state index >= 15 is 0 Å². The second-order valence-corrected chi connectivity index (χ2v) is 8.31. The van der Waals surface area contributed by atoms with Crippen molar-refractivity contribution in [2.45, 2.75) is 6.42 Å². The second-order valence-electron chi connectivity index (χ2n) is 8.31. The molecule has 180 valence electrons. The van der Waals surface area contributed by atoms with Crippen LogP contribution in [0.2, 0.25) is 0 Å². The number of hydrazine groups is 1. The van der Waals surface area contributed by atoms with Crippen LogP contribution in [0.4, 0.5) is 17.1 Å². The molecule has 0 aliphatic rings. The topological polar surface area (TPSA) is 131 Å². The van der Waals surface area contributed by atoms with E-state index in [-0.39, 0.29) is 0 Å². The summed E-state index contributed by atoms with van der Waals surface area (Å²) in [6.07, 6.45) is 0.896. The molecule has 0 saturated carbocycles. The molecule has 3 rings (SSSR count). The molecule has 7 nitrogen and oxygen atoms in total. The lowest BCUT2D eigenvalue weighted by Crippen LogP contribution is -2.39. The van der Waals surface area contributed by atoms with Crippen LogP contribution >= 0.6 is 0 Å². The minimum atomic E-state index is 0.630. The van der Waals surface area contributed by atoms with E-state index in [0.29, 0.717) is 17.9 Å². The predicted octanol–water partition coefficient (Wildman–Crippen LogP) is 3.11. The van der Waals surface area contributed by atoms with Crippen molar-refractivity contribution in [1.82, 2.24) is 10.3 Å². The highest BCUT2D eigenvalue weighted by atomic mass is 15.4. The van der Waals surface area contributed by atoms with Gasteiger partial charge in [0, 0.05) is 61.9 Å². The van der Waals surface area contributed by atoms with Crippen molar-refractivity contribution in [3.8, 4) is 11.1 Å². The standard InChI is InChI=1S/C27H37N7/c1-20(21-6-3-2-4-7-21)26-18-22(29)8-10-24(26)25-11-9-23(30)19-27(25)33-13-5-16-34(31)17-15-32-14-12-28/h2-4,6-11,18-19,32-33H,1,5,12-17,28-31H2. The number of anilines is 3. The SMILES string of the molecule is C=C(c1ccccc1)c1cc(N)ccc1-c1ccc(N)cc1NCCCN(N)CCNCCN. The van der Waals surface area contributed by atoms with Gasteiger partial charge in [0.05, 0.1) is 0 Å². The average molecular weight is 460 g/mol. The Hall–Kier alpha value is -3.36. The van der Waals surface area contributed by atoms with Gasteiger partial charge in [-0.05, 0) is 52.9 Å². The van der Waals surface area contributed by atoms with Crippen LogP contribution in [0, 0.1) is 0 Å². The Balaban J connectivity index is 1.75. The Morgan fingerprint density at radius 1 is 0.824 bits per heavy atom. The summed E-state index contributed by atoms with van der Waals surface area (Å²) in [6.45, 7) is 8.96. The summed E-state index contributed by atoms with van der Waals surface area (Å²) in [4.78, 5) is 0. The molecule has 0 radical (unpaired) electrons. The van der Waals surface area contributed by atoms with Gasteiger partial charge < -0.3 is 27.8 Å². The Labute approximate surface area is 202 Å². The van der Waals surface area contributed by atoms with Gasteiger partial charge in [-0.3, -0.25) is 5.84 Å².